The molecule has 2 rings (SSSR count). The van der Waals surface area contributed by atoms with Gasteiger partial charge in [0.25, 0.3) is 0 Å². The fourth-order valence-electron chi connectivity index (χ4n) is 1.87. The number of aliphatic imine (C=N–C) groups is 1. The molecule has 0 heterocycles. The highest BCUT2D eigenvalue weighted by atomic mass is 16.5. The van der Waals surface area contributed by atoms with Crippen LogP contribution in [-0.4, -0.2) is 24.3 Å². The molecule has 2 aliphatic carbocycles. The van der Waals surface area contributed by atoms with Gasteiger partial charge in [0.2, 0.25) is 0 Å². The Hall–Kier alpha value is -1.12. The maximum atomic E-state index is 11.5. The van der Waals surface area contributed by atoms with Crippen molar-refractivity contribution < 1.29 is 9.53 Å². The SMILES string of the molecule is COC(=O)C1(N=C2C=CC(C)CC2)CC1. The minimum absolute atomic E-state index is 0.179. The van der Waals surface area contributed by atoms with Gasteiger partial charge in [0.05, 0.1) is 7.11 Å². The van der Waals surface area contributed by atoms with Gasteiger partial charge >= 0.3 is 5.97 Å². The van der Waals surface area contributed by atoms with Gasteiger partial charge in [0.15, 0.2) is 5.54 Å². The van der Waals surface area contributed by atoms with Crippen LogP contribution in [0, 0.1) is 5.92 Å². The van der Waals surface area contributed by atoms with Crippen LogP contribution in [0.15, 0.2) is 17.1 Å². The molecule has 0 amide bonds. The molecule has 3 nitrogen and oxygen atoms in total. The maximum Gasteiger partial charge on any atom is 0.333 e. The van der Waals surface area contributed by atoms with E-state index in [4.69, 9.17) is 4.74 Å². The smallest absolute Gasteiger partial charge is 0.333 e. The third-order valence-electron chi connectivity index (χ3n) is 3.12. The molecule has 1 fully saturated rings. The minimum Gasteiger partial charge on any atom is -0.467 e. The van der Waals surface area contributed by atoms with Crippen LogP contribution in [0.1, 0.15) is 32.6 Å². The first-order valence-corrected chi connectivity index (χ1v) is 5.52. The summed E-state index contributed by atoms with van der Waals surface area (Å²) in [5.74, 6) is 0.458. The molecular formula is C12H17NO2. The van der Waals surface area contributed by atoms with E-state index in [1.165, 1.54) is 7.11 Å². The Morgan fingerprint density at radius 1 is 1.60 bits per heavy atom. The Kier molecular flexibility index (Phi) is 2.63. The van der Waals surface area contributed by atoms with Crippen LogP contribution in [0.2, 0.25) is 0 Å². The molecule has 82 valence electrons. The highest BCUT2D eigenvalue weighted by Gasteiger charge is 2.51. The fourth-order valence-corrected chi connectivity index (χ4v) is 1.87. The summed E-state index contributed by atoms with van der Waals surface area (Å²) in [4.78, 5) is 16.0. The number of allylic oxidation sites excluding steroid dienone is 2. The summed E-state index contributed by atoms with van der Waals surface area (Å²) in [7, 11) is 1.43. The number of rotatable bonds is 2. The van der Waals surface area contributed by atoms with E-state index in [0.29, 0.717) is 5.92 Å². The molecule has 1 saturated carbocycles. The van der Waals surface area contributed by atoms with Crippen molar-refractivity contribution in [1.82, 2.24) is 0 Å². The van der Waals surface area contributed by atoms with Gasteiger partial charge in [-0.25, -0.2) is 4.79 Å². The van der Waals surface area contributed by atoms with Gasteiger partial charge < -0.3 is 4.74 Å². The van der Waals surface area contributed by atoms with Crippen molar-refractivity contribution in [3.8, 4) is 0 Å². The molecule has 0 aliphatic heterocycles. The summed E-state index contributed by atoms with van der Waals surface area (Å²) in [6.45, 7) is 2.19. The van der Waals surface area contributed by atoms with Gasteiger partial charge in [-0.05, 0) is 37.7 Å². The molecule has 0 radical (unpaired) electrons. The molecule has 3 heteroatoms. The first-order valence-electron chi connectivity index (χ1n) is 5.52. The normalized spacial score (nSPS) is 30.3. The molecule has 15 heavy (non-hydrogen) atoms. The van der Waals surface area contributed by atoms with Gasteiger partial charge in [0, 0.05) is 5.71 Å². The van der Waals surface area contributed by atoms with Crippen LogP contribution in [0.3, 0.4) is 0 Å². The Morgan fingerprint density at radius 3 is 2.80 bits per heavy atom. The number of methoxy groups -OCH3 is 1. The van der Waals surface area contributed by atoms with Crippen molar-refractivity contribution in [3.05, 3.63) is 12.2 Å². The highest BCUT2D eigenvalue weighted by molar-refractivity contribution is 5.99. The third-order valence-corrected chi connectivity index (χ3v) is 3.12. The number of carbonyl (C=O) groups excluding carboxylic acids is 1. The van der Waals surface area contributed by atoms with Crippen LogP contribution in [0.25, 0.3) is 0 Å². The van der Waals surface area contributed by atoms with Crippen LogP contribution >= 0.6 is 0 Å². The summed E-state index contributed by atoms with van der Waals surface area (Å²) >= 11 is 0. The Labute approximate surface area is 90.2 Å². The second-order valence-electron chi connectivity index (χ2n) is 4.50. The van der Waals surface area contributed by atoms with Crippen molar-refractivity contribution in [3.63, 3.8) is 0 Å². The average molecular weight is 207 g/mol. The number of ether oxygens (including phenoxy) is 1. The number of carbonyl (C=O) groups is 1. The van der Waals surface area contributed by atoms with Crippen molar-refractivity contribution in [2.24, 2.45) is 10.9 Å². The number of hydrogen-bond donors (Lipinski definition) is 0. The summed E-state index contributed by atoms with van der Waals surface area (Å²) in [5, 5.41) is 0. The van der Waals surface area contributed by atoms with Crippen molar-refractivity contribution >= 4 is 11.7 Å². The van der Waals surface area contributed by atoms with Gasteiger partial charge in [-0.3, -0.25) is 4.99 Å². The van der Waals surface area contributed by atoms with Gasteiger partial charge in [0.1, 0.15) is 0 Å². The number of nitrogens with zero attached hydrogens (tertiary/aromatic N) is 1. The van der Waals surface area contributed by atoms with Crippen LogP contribution in [-0.2, 0) is 9.53 Å². The summed E-state index contributed by atoms with van der Waals surface area (Å²) in [6, 6.07) is 0. The summed E-state index contributed by atoms with van der Waals surface area (Å²) in [6.07, 6.45) is 8.01. The number of hydrogen-bond acceptors (Lipinski definition) is 3. The lowest BCUT2D eigenvalue weighted by Crippen LogP contribution is -2.23. The van der Waals surface area contributed by atoms with E-state index in [0.717, 1.165) is 31.4 Å². The molecule has 2 aliphatic rings. The van der Waals surface area contributed by atoms with E-state index in [1.54, 1.807) is 0 Å². The Bertz CT molecular complexity index is 327. The molecule has 1 unspecified atom stereocenters. The zero-order chi connectivity index (χ0) is 10.9. The van der Waals surface area contributed by atoms with E-state index in [1.807, 2.05) is 0 Å². The Morgan fingerprint density at radius 2 is 2.33 bits per heavy atom. The van der Waals surface area contributed by atoms with Crippen molar-refractivity contribution in [1.29, 1.82) is 0 Å². The van der Waals surface area contributed by atoms with E-state index in [9.17, 15) is 4.79 Å². The van der Waals surface area contributed by atoms with E-state index < -0.39 is 5.54 Å². The second-order valence-corrected chi connectivity index (χ2v) is 4.50. The largest absolute Gasteiger partial charge is 0.467 e. The lowest BCUT2D eigenvalue weighted by molar-refractivity contribution is -0.143. The lowest BCUT2D eigenvalue weighted by Gasteiger charge is -2.15. The van der Waals surface area contributed by atoms with E-state index in [-0.39, 0.29) is 5.97 Å². The van der Waals surface area contributed by atoms with Crippen LogP contribution in [0.5, 0.6) is 0 Å². The predicted octanol–water partition coefficient (Wildman–Crippen LogP) is 2.12. The monoisotopic (exact) mass is 207 g/mol. The minimum atomic E-state index is -0.519. The zero-order valence-electron chi connectivity index (χ0n) is 9.32. The number of esters is 1. The van der Waals surface area contributed by atoms with E-state index in [2.05, 4.69) is 24.1 Å². The molecule has 0 saturated heterocycles. The summed E-state index contributed by atoms with van der Waals surface area (Å²) in [5.41, 5.74) is 0.533. The quantitative estimate of drug-likeness (QED) is 0.650. The molecule has 0 N–H and O–H groups in total. The second kappa shape index (κ2) is 3.80. The van der Waals surface area contributed by atoms with Gasteiger partial charge in [-0.15, -0.1) is 0 Å². The molecule has 0 aromatic heterocycles. The molecular weight excluding hydrogens is 190 g/mol. The zero-order valence-corrected chi connectivity index (χ0v) is 9.32. The standard InChI is InChI=1S/C12H17NO2/c1-9-3-5-10(6-4-9)13-12(7-8-12)11(14)15-2/h3,5,9H,4,6-8H2,1-2H3. The molecule has 0 spiro atoms. The molecule has 0 bridgehead atoms. The van der Waals surface area contributed by atoms with Crippen molar-refractivity contribution in [2.75, 3.05) is 7.11 Å². The van der Waals surface area contributed by atoms with Gasteiger partial charge in [-0.1, -0.05) is 13.0 Å². The van der Waals surface area contributed by atoms with Gasteiger partial charge in [-0.2, -0.15) is 0 Å². The first-order chi connectivity index (χ1) is 7.16. The van der Waals surface area contributed by atoms with Crippen molar-refractivity contribution in [2.45, 2.75) is 38.1 Å². The maximum absolute atomic E-state index is 11.5. The first kappa shape index (κ1) is 10.4. The fraction of sp³-hybridized carbons (Fsp3) is 0.667. The average Bonchev–Trinajstić information content (AvgIpc) is 3.01. The van der Waals surface area contributed by atoms with Crippen LogP contribution < -0.4 is 0 Å². The molecule has 0 aromatic carbocycles. The molecule has 0 aromatic rings. The molecule has 1 atom stereocenters. The lowest BCUT2D eigenvalue weighted by atomic mass is 9.96. The predicted molar refractivity (Wildman–Crippen MR) is 59.0 cm³/mol. The Balaban J connectivity index is 2.10. The highest BCUT2D eigenvalue weighted by Crippen LogP contribution is 2.41. The van der Waals surface area contributed by atoms with Crippen LogP contribution in [0.4, 0.5) is 0 Å². The third kappa shape index (κ3) is 2.11. The summed E-state index contributed by atoms with van der Waals surface area (Å²) < 4.78 is 4.77. The topological polar surface area (TPSA) is 38.7 Å². The van der Waals surface area contributed by atoms with E-state index >= 15 is 0 Å².